The van der Waals surface area contributed by atoms with Crippen LogP contribution < -0.4 is 10.6 Å². The van der Waals surface area contributed by atoms with E-state index >= 15 is 0 Å². The first kappa shape index (κ1) is 20.9. The van der Waals surface area contributed by atoms with Crippen LogP contribution in [0.5, 0.6) is 0 Å². The molecule has 1 saturated heterocycles. The van der Waals surface area contributed by atoms with Crippen LogP contribution in [0.1, 0.15) is 53.0 Å². The van der Waals surface area contributed by atoms with Crippen molar-refractivity contribution in [3.8, 4) is 0 Å². The molecule has 1 aliphatic rings. The lowest BCUT2D eigenvalue weighted by Crippen LogP contribution is -2.36. The predicted octanol–water partition coefficient (Wildman–Crippen LogP) is 3.71. The lowest BCUT2D eigenvalue weighted by Gasteiger charge is -2.27. The topological polar surface area (TPSA) is 91.6 Å². The molecule has 1 aliphatic heterocycles. The highest BCUT2D eigenvalue weighted by atomic mass is 35.5. The Morgan fingerprint density at radius 2 is 1.90 bits per heavy atom. The first-order valence-electron chi connectivity index (χ1n) is 9.75. The average Bonchev–Trinajstić information content (AvgIpc) is 3.26. The van der Waals surface area contributed by atoms with Crippen LogP contribution in [-0.2, 0) is 4.79 Å². The number of hydrogen-bond acceptors (Lipinski definition) is 4. The Balaban J connectivity index is 1.53. The number of halogens is 1. The van der Waals surface area contributed by atoms with E-state index in [9.17, 15) is 14.4 Å². The molecule has 2 N–H and O–H groups in total. The molecular formula is C21H24ClN3O4. The number of benzene rings is 1. The number of rotatable bonds is 7. The Hall–Kier alpha value is -2.80. The summed E-state index contributed by atoms with van der Waals surface area (Å²) in [5, 5.41) is 5.92. The fourth-order valence-corrected chi connectivity index (χ4v) is 3.40. The van der Waals surface area contributed by atoms with Gasteiger partial charge in [0, 0.05) is 31.1 Å². The van der Waals surface area contributed by atoms with Gasteiger partial charge >= 0.3 is 0 Å². The van der Waals surface area contributed by atoms with Gasteiger partial charge in [-0.25, -0.2) is 0 Å². The van der Waals surface area contributed by atoms with Gasteiger partial charge in [-0.2, -0.15) is 0 Å². The maximum absolute atomic E-state index is 12.8. The van der Waals surface area contributed by atoms with Crippen LogP contribution in [0.3, 0.4) is 0 Å². The predicted molar refractivity (Wildman–Crippen MR) is 110 cm³/mol. The van der Waals surface area contributed by atoms with Gasteiger partial charge in [0.05, 0.1) is 17.5 Å². The molecule has 0 aliphatic carbocycles. The molecule has 2 aromatic rings. The third kappa shape index (κ3) is 5.84. The number of piperidine rings is 1. The van der Waals surface area contributed by atoms with Crippen LogP contribution in [0.25, 0.3) is 0 Å². The number of carbonyl (C=O) groups excluding carboxylic acids is 3. The minimum Gasteiger partial charge on any atom is -0.459 e. The minimum atomic E-state index is -0.320. The van der Waals surface area contributed by atoms with E-state index in [-0.39, 0.29) is 29.9 Å². The molecule has 0 spiro atoms. The smallest absolute Gasteiger partial charge is 0.286 e. The molecule has 8 heteroatoms. The van der Waals surface area contributed by atoms with E-state index in [4.69, 9.17) is 16.0 Å². The van der Waals surface area contributed by atoms with Crippen molar-refractivity contribution >= 4 is 35.0 Å². The summed E-state index contributed by atoms with van der Waals surface area (Å²) in [6.07, 6.45) is 5.19. The normalized spacial score (nSPS) is 13.8. The molecule has 7 nitrogen and oxygen atoms in total. The maximum Gasteiger partial charge on any atom is 0.286 e. The zero-order valence-corrected chi connectivity index (χ0v) is 16.8. The van der Waals surface area contributed by atoms with Crippen molar-refractivity contribution < 1.29 is 18.8 Å². The third-order valence-electron chi connectivity index (χ3n) is 4.74. The number of likely N-dealkylation sites (tertiary alicyclic amines) is 1. The average molecular weight is 418 g/mol. The molecule has 0 atom stereocenters. The fourth-order valence-electron chi connectivity index (χ4n) is 3.23. The molecule has 3 amide bonds. The van der Waals surface area contributed by atoms with Gasteiger partial charge in [-0.05, 0) is 56.0 Å². The number of anilines is 1. The molecule has 1 fully saturated rings. The molecule has 0 unspecified atom stereocenters. The summed E-state index contributed by atoms with van der Waals surface area (Å²) in [6, 6.07) is 8.10. The summed E-state index contributed by atoms with van der Waals surface area (Å²) in [6.45, 7) is 1.79. The first-order valence-corrected chi connectivity index (χ1v) is 10.1. The second-order valence-electron chi connectivity index (χ2n) is 6.93. The third-order valence-corrected chi connectivity index (χ3v) is 4.98. The molecule has 0 saturated carbocycles. The van der Waals surface area contributed by atoms with E-state index in [1.807, 2.05) is 4.90 Å². The standard InChI is InChI=1S/C21H24ClN3O4/c22-15-8-9-16(21(28)25-11-2-1-3-12-25)17(14-15)24-19(26)7-4-10-23-20(27)18-6-5-13-29-18/h5-6,8-9,13-14H,1-4,7,10-12H2,(H,23,27)(H,24,26). The highest BCUT2D eigenvalue weighted by Crippen LogP contribution is 2.24. The van der Waals surface area contributed by atoms with E-state index in [1.54, 1.807) is 30.3 Å². The largest absolute Gasteiger partial charge is 0.459 e. The Morgan fingerprint density at radius 1 is 1.10 bits per heavy atom. The van der Waals surface area contributed by atoms with Gasteiger partial charge in [0.25, 0.3) is 11.8 Å². The molecule has 0 bridgehead atoms. The van der Waals surface area contributed by atoms with Crippen LogP contribution in [-0.4, -0.2) is 42.3 Å². The van der Waals surface area contributed by atoms with E-state index in [2.05, 4.69) is 10.6 Å². The van der Waals surface area contributed by atoms with E-state index in [1.165, 1.54) is 6.26 Å². The number of nitrogens with one attached hydrogen (secondary N) is 2. The summed E-state index contributed by atoms with van der Waals surface area (Å²) in [4.78, 5) is 38.8. The summed E-state index contributed by atoms with van der Waals surface area (Å²) < 4.78 is 5.01. The number of furan rings is 1. The van der Waals surface area contributed by atoms with Crippen molar-refractivity contribution in [2.75, 3.05) is 25.0 Å². The van der Waals surface area contributed by atoms with Gasteiger partial charge in [0.2, 0.25) is 5.91 Å². The Labute approximate surface area is 174 Å². The summed E-state index contributed by atoms with van der Waals surface area (Å²) in [5.41, 5.74) is 0.855. The van der Waals surface area contributed by atoms with Crippen LogP contribution in [0.2, 0.25) is 5.02 Å². The fraction of sp³-hybridized carbons (Fsp3) is 0.381. The molecule has 1 aromatic heterocycles. The molecule has 29 heavy (non-hydrogen) atoms. The van der Waals surface area contributed by atoms with Gasteiger partial charge in [-0.1, -0.05) is 11.6 Å². The van der Waals surface area contributed by atoms with Gasteiger partial charge in [0.15, 0.2) is 5.76 Å². The van der Waals surface area contributed by atoms with E-state index in [0.717, 1.165) is 32.4 Å². The lowest BCUT2D eigenvalue weighted by atomic mass is 10.1. The van der Waals surface area contributed by atoms with E-state index < -0.39 is 0 Å². The van der Waals surface area contributed by atoms with Gasteiger partial charge < -0.3 is 20.0 Å². The van der Waals surface area contributed by atoms with E-state index in [0.29, 0.717) is 29.2 Å². The maximum atomic E-state index is 12.8. The van der Waals surface area contributed by atoms with Gasteiger partial charge in [-0.3, -0.25) is 14.4 Å². The summed E-state index contributed by atoms with van der Waals surface area (Å²) in [5.74, 6) is -0.427. The van der Waals surface area contributed by atoms with Crippen molar-refractivity contribution in [1.29, 1.82) is 0 Å². The number of carbonyl (C=O) groups is 3. The van der Waals surface area contributed by atoms with Crippen LogP contribution >= 0.6 is 11.6 Å². The van der Waals surface area contributed by atoms with Crippen LogP contribution in [0.15, 0.2) is 41.0 Å². The Bertz CT molecular complexity index is 861. The van der Waals surface area contributed by atoms with Crippen molar-refractivity contribution in [3.63, 3.8) is 0 Å². The number of hydrogen-bond donors (Lipinski definition) is 2. The van der Waals surface area contributed by atoms with Crippen molar-refractivity contribution in [2.45, 2.75) is 32.1 Å². The van der Waals surface area contributed by atoms with Crippen LogP contribution in [0, 0.1) is 0 Å². The Kier molecular flexibility index (Phi) is 7.30. The lowest BCUT2D eigenvalue weighted by molar-refractivity contribution is -0.116. The first-order chi connectivity index (χ1) is 14.0. The molecule has 2 heterocycles. The molecule has 154 valence electrons. The quantitative estimate of drug-likeness (QED) is 0.672. The zero-order chi connectivity index (χ0) is 20.6. The second kappa shape index (κ2) is 10.1. The van der Waals surface area contributed by atoms with Gasteiger partial charge in [0.1, 0.15) is 0 Å². The highest BCUT2D eigenvalue weighted by molar-refractivity contribution is 6.31. The SMILES string of the molecule is O=C(CCCNC(=O)c1ccco1)Nc1cc(Cl)ccc1C(=O)N1CCCCC1. The Morgan fingerprint density at radius 3 is 2.62 bits per heavy atom. The van der Waals surface area contributed by atoms with Crippen molar-refractivity contribution in [3.05, 3.63) is 52.9 Å². The molecular weight excluding hydrogens is 394 g/mol. The van der Waals surface area contributed by atoms with Crippen molar-refractivity contribution in [2.24, 2.45) is 0 Å². The molecule has 1 aromatic carbocycles. The minimum absolute atomic E-state index is 0.0950. The highest BCUT2D eigenvalue weighted by Gasteiger charge is 2.21. The number of nitrogens with zero attached hydrogens (tertiary/aromatic N) is 1. The second-order valence-corrected chi connectivity index (χ2v) is 7.36. The van der Waals surface area contributed by atoms with Crippen LogP contribution in [0.4, 0.5) is 5.69 Å². The van der Waals surface area contributed by atoms with Crippen molar-refractivity contribution in [1.82, 2.24) is 10.2 Å². The van der Waals surface area contributed by atoms with Gasteiger partial charge in [-0.15, -0.1) is 0 Å². The number of amides is 3. The molecule has 3 rings (SSSR count). The zero-order valence-electron chi connectivity index (χ0n) is 16.1. The summed E-state index contributed by atoms with van der Waals surface area (Å²) in [7, 11) is 0. The monoisotopic (exact) mass is 417 g/mol. The summed E-state index contributed by atoms with van der Waals surface area (Å²) >= 11 is 6.07. The molecule has 0 radical (unpaired) electrons.